The van der Waals surface area contributed by atoms with Crippen LogP contribution in [0.2, 0.25) is 0 Å². The first-order chi connectivity index (χ1) is 12.1. The summed E-state index contributed by atoms with van der Waals surface area (Å²) >= 11 is 1.66. The highest BCUT2D eigenvalue weighted by molar-refractivity contribution is 7.10. The lowest BCUT2D eigenvalue weighted by molar-refractivity contribution is -0.122. The molecule has 130 valence electrons. The molecule has 1 atom stereocenters. The van der Waals surface area contributed by atoms with Crippen molar-refractivity contribution in [1.29, 1.82) is 0 Å². The Balaban J connectivity index is 1.51. The minimum absolute atomic E-state index is 0.0267. The Morgan fingerprint density at radius 1 is 1.28 bits per heavy atom. The molecule has 1 N–H and O–H groups in total. The zero-order valence-corrected chi connectivity index (χ0v) is 15.2. The molecule has 0 bridgehead atoms. The maximum absolute atomic E-state index is 12.2. The number of amides is 1. The van der Waals surface area contributed by atoms with E-state index in [4.69, 9.17) is 0 Å². The second-order valence-corrected chi connectivity index (χ2v) is 7.08. The van der Waals surface area contributed by atoms with Gasteiger partial charge in [-0.1, -0.05) is 24.3 Å². The summed E-state index contributed by atoms with van der Waals surface area (Å²) in [6.07, 6.45) is 3.84. The summed E-state index contributed by atoms with van der Waals surface area (Å²) in [5.74, 6) is 0.0267. The van der Waals surface area contributed by atoms with Gasteiger partial charge in [-0.2, -0.15) is 5.10 Å². The van der Waals surface area contributed by atoms with Crippen molar-refractivity contribution < 1.29 is 4.79 Å². The van der Waals surface area contributed by atoms with Gasteiger partial charge >= 0.3 is 0 Å². The van der Waals surface area contributed by atoms with Crippen LogP contribution in [0.1, 0.15) is 23.4 Å². The van der Waals surface area contributed by atoms with Crippen molar-refractivity contribution in [2.75, 3.05) is 13.6 Å². The molecular weight excluding hydrogens is 332 g/mol. The van der Waals surface area contributed by atoms with E-state index in [1.165, 1.54) is 4.88 Å². The lowest BCUT2D eigenvalue weighted by Gasteiger charge is -2.17. The summed E-state index contributed by atoms with van der Waals surface area (Å²) < 4.78 is 1.85. The molecule has 0 aliphatic carbocycles. The fraction of sp³-hybridized carbons (Fsp3) is 0.263. The number of rotatable bonds is 7. The summed E-state index contributed by atoms with van der Waals surface area (Å²) in [6, 6.07) is 14.1. The van der Waals surface area contributed by atoms with E-state index in [0.717, 1.165) is 11.3 Å². The maximum Gasteiger partial charge on any atom is 0.234 e. The van der Waals surface area contributed by atoms with Gasteiger partial charge in [-0.3, -0.25) is 9.69 Å². The Labute approximate surface area is 151 Å². The third-order valence-electron chi connectivity index (χ3n) is 3.87. The van der Waals surface area contributed by atoms with Crippen LogP contribution in [-0.4, -0.2) is 34.2 Å². The summed E-state index contributed by atoms with van der Waals surface area (Å²) in [4.78, 5) is 15.4. The summed E-state index contributed by atoms with van der Waals surface area (Å²) in [7, 11) is 1.94. The number of carbonyl (C=O) groups excluding carboxylic acids is 1. The fourth-order valence-electron chi connectivity index (χ4n) is 2.67. The highest BCUT2D eigenvalue weighted by atomic mass is 32.1. The average Bonchev–Trinajstić information content (AvgIpc) is 3.27. The zero-order chi connectivity index (χ0) is 17.6. The molecular formula is C19H22N4OS. The number of hydrogen-bond acceptors (Lipinski definition) is 4. The Morgan fingerprint density at radius 3 is 2.80 bits per heavy atom. The van der Waals surface area contributed by atoms with Crippen molar-refractivity contribution in [3.63, 3.8) is 0 Å². The number of nitrogens with zero attached hydrogens (tertiary/aromatic N) is 3. The number of thiophene rings is 1. The van der Waals surface area contributed by atoms with Gasteiger partial charge < -0.3 is 5.32 Å². The van der Waals surface area contributed by atoms with Crippen LogP contribution < -0.4 is 5.32 Å². The first-order valence-electron chi connectivity index (χ1n) is 8.22. The van der Waals surface area contributed by atoms with Gasteiger partial charge in [0.05, 0.1) is 24.5 Å². The van der Waals surface area contributed by atoms with Crippen LogP contribution in [0, 0.1) is 0 Å². The molecule has 2 heterocycles. The summed E-state index contributed by atoms with van der Waals surface area (Å²) in [5.41, 5.74) is 2.10. The standard InChI is InChI=1S/C19H22N4OS/c1-15(18-9-6-10-25-18)21-19(24)14-22(2)12-16-11-20-23(13-16)17-7-4-3-5-8-17/h3-11,13,15H,12,14H2,1-2H3,(H,21,24). The average molecular weight is 354 g/mol. The number of benzene rings is 1. The molecule has 0 aliphatic rings. The second kappa shape index (κ2) is 8.09. The lowest BCUT2D eigenvalue weighted by atomic mass is 10.2. The molecule has 3 rings (SSSR count). The van der Waals surface area contributed by atoms with Crippen LogP contribution in [0.4, 0.5) is 0 Å². The van der Waals surface area contributed by atoms with E-state index in [0.29, 0.717) is 13.1 Å². The van der Waals surface area contributed by atoms with E-state index < -0.39 is 0 Å². The van der Waals surface area contributed by atoms with E-state index in [1.54, 1.807) is 11.3 Å². The smallest absolute Gasteiger partial charge is 0.234 e. The van der Waals surface area contributed by atoms with Crippen molar-refractivity contribution in [2.45, 2.75) is 19.5 Å². The lowest BCUT2D eigenvalue weighted by Crippen LogP contribution is -2.36. The quantitative estimate of drug-likeness (QED) is 0.709. The van der Waals surface area contributed by atoms with E-state index in [-0.39, 0.29) is 11.9 Å². The number of likely N-dealkylation sites (N-methyl/N-ethyl adjacent to an activating group) is 1. The zero-order valence-electron chi connectivity index (χ0n) is 14.4. The third kappa shape index (κ3) is 4.78. The van der Waals surface area contributed by atoms with Gasteiger partial charge in [-0.05, 0) is 37.6 Å². The molecule has 0 aliphatic heterocycles. The van der Waals surface area contributed by atoms with Gasteiger partial charge in [-0.25, -0.2) is 4.68 Å². The van der Waals surface area contributed by atoms with E-state index in [2.05, 4.69) is 10.4 Å². The molecule has 0 saturated carbocycles. The monoisotopic (exact) mass is 354 g/mol. The minimum Gasteiger partial charge on any atom is -0.348 e. The highest BCUT2D eigenvalue weighted by Crippen LogP contribution is 2.18. The molecule has 1 aromatic carbocycles. The molecule has 1 amide bonds. The van der Waals surface area contributed by atoms with Gasteiger partial charge in [0.2, 0.25) is 5.91 Å². The van der Waals surface area contributed by atoms with Crippen LogP contribution >= 0.6 is 11.3 Å². The van der Waals surface area contributed by atoms with Crippen molar-refractivity contribution >= 4 is 17.2 Å². The molecule has 2 aromatic heterocycles. The van der Waals surface area contributed by atoms with E-state index in [1.807, 2.05) is 83.8 Å². The van der Waals surface area contributed by atoms with E-state index in [9.17, 15) is 4.79 Å². The van der Waals surface area contributed by atoms with Gasteiger partial charge in [0.25, 0.3) is 0 Å². The molecule has 3 aromatic rings. The second-order valence-electron chi connectivity index (χ2n) is 6.11. The van der Waals surface area contributed by atoms with Crippen molar-refractivity contribution in [3.8, 4) is 5.69 Å². The Kier molecular flexibility index (Phi) is 5.63. The molecule has 0 radical (unpaired) electrons. The third-order valence-corrected chi connectivity index (χ3v) is 4.93. The highest BCUT2D eigenvalue weighted by Gasteiger charge is 2.13. The molecule has 25 heavy (non-hydrogen) atoms. The fourth-order valence-corrected chi connectivity index (χ4v) is 3.41. The van der Waals surface area contributed by atoms with E-state index >= 15 is 0 Å². The molecule has 1 unspecified atom stereocenters. The summed E-state index contributed by atoms with van der Waals surface area (Å²) in [5, 5.41) is 9.45. The predicted octanol–water partition coefficient (Wildman–Crippen LogP) is 3.24. The van der Waals surface area contributed by atoms with Crippen molar-refractivity contribution in [2.24, 2.45) is 0 Å². The van der Waals surface area contributed by atoms with Gasteiger partial charge in [0.15, 0.2) is 0 Å². The molecule has 0 saturated heterocycles. The SMILES string of the molecule is CC(NC(=O)CN(C)Cc1cnn(-c2ccccc2)c1)c1cccs1. The summed E-state index contributed by atoms with van der Waals surface area (Å²) in [6.45, 7) is 3.04. The minimum atomic E-state index is 0.0267. The van der Waals surface area contributed by atoms with Crippen LogP contribution in [0.15, 0.2) is 60.2 Å². The van der Waals surface area contributed by atoms with Gasteiger partial charge in [-0.15, -0.1) is 11.3 Å². The van der Waals surface area contributed by atoms with Crippen LogP contribution in [0.3, 0.4) is 0 Å². The number of carbonyl (C=O) groups is 1. The molecule has 6 heteroatoms. The van der Waals surface area contributed by atoms with Gasteiger partial charge in [0.1, 0.15) is 0 Å². The van der Waals surface area contributed by atoms with Crippen molar-refractivity contribution in [3.05, 3.63) is 70.7 Å². The van der Waals surface area contributed by atoms with Crippen molar-refractivity contribution in [1.82, 2.24) is 20.0 Å². The first kappa shape index (κ1) is 17.4. The predicted molar refractivity (Wildman–Crippen MR) is 101 cm³/mol. The Morgan fingerprint density at radius 2 is 2.08 bits per heavy atom. The first-order valence-corrected chi connectivity index (χ1v) is 9.10. The number of hydrogen-bond donors (Lipinski definition) is 1. The number of para-hydroxylation sites is 1. The largest absolute Gasteiger partial charge is 0.348 e. The maximum atomic E-state index is 12.2. The Bertz CT molecular complexity index is 798. The number of nitrogens with one attached hydrogen (secondary N) is 1. The molecule has 0 fully saturated rings. The molecule has 5 nitrogen and oxygen atoms in total. The normalized spacial score (nSPS) is 12.3. The van der Waals surface area contributed by atoms with Crippen LogP contribution in [-0.2, 0) is 11.3 Å². The molecule has 0 spiro atoms. The van der Waals surface area contributed by atoms with Gasteiger partial charge in [0, 0.05) is 23.2 Å². The van der Waals surface area contributed by atoms with Crippen LogP contribution in [0.25, 0.3) is 5.69 Å². The number of aromatic nitrogens is 2. The van der Waals surface area contributed by atoms with Crippen LogP contribution in [0.5, 0.6) is 0 Å². The topological polar surface area (TPSA) is 50.2 Å². The Hall–Kier alpha value is -2.44.